The quantitative estimate of drug-likeness (QED) is 0.567. The first-order valence-corrected chi connectivity index (χ1v) is 7.49. The third kappa shape index (κ3) is 3.51. The molecule has 3 heteroatoms. The van der Waals surface area contributed by atoms with E-state index >= 15 is 0 Å². The van der Waals surface area contributed by atoms with Gasteiger partial charge in [0.25, 0.3) is 0 Å². The Morgan fingerprint density at radius 3 is 2.05 bits per heavy atom. The molecule has 2 nitrogen and oxygen atoms in total. The molecule has 0 fully saturated rings. The van der Waals surface area contributed by atoms with Crippen molar-refractivity contribution in [1.29, 1.82) is 0 Å². The first kappa shape index (κ1) is 16.0. The largest absolute Gasteiger partial charge is 0.293 e. The molecule has 0 bridgehead atoms. The highest BCUT2D eigenvalue weighted by molar-refractivity contribution is 7.28. The summed E-state index contributed by atoms with van der Waals surface area (Å²) in [7, 11) is -0.0918. The lowest BCUT2D eigenvalue weighted by atomic mass is 9.86. The van der Waals surface area contributed by atoms with Crippen molar-refractivity contribution >= 4 is 14.2 Å². The van der Waals surface area contributed by atoms with Crippen LogP contribution in [0.1, 0.15) is 54.2 Å². The van der Waals surface area contributed by atoms with Crippen LogP contribution in [-0.4, -0.2) is 10.9 Å². The Morgan fingerprint density at radius 2 is 1.68 bits per heavy atom. The molecule has 0 radical (unpaired) electrons. The number of hydrogen-bond donors (Lipinski definition) is 0. The molecule has 1 aromatic carbocycles. The van der Waals surface area contributed by atoms with Gasteiger partial charge in [0.2, 0.25) is 0 Å². The number of rotatable bonds is 5. The van der Waals surface area contributed by atoms with E-state index in [-0.39, 0.29) is 14.2 Å². The van der Waals surface area contributed by atoms with Crippen molar-refractivity contribution in [2.75, 3.05) is 0 Å². The number of Topliss-reactive ketones (excluding diaryl/α,β-unsaturated/α-hetero) is 1. The van der Waals surface area contributed by atoms with Gasteiger partial charge < -0.3 is 0 Å². The summed E-state index contributed by atoms with van der Waals surface area (Å²) in [5, 5.41) is -0.820. The fourth-order valence-corrected chi connectivity index (χ4v) is 3.41. The Morgan fingerprint density at radius 1 is 1.21 bits per heavy atom. The van der Waals surface area contributed by atoms with Gasteiger partial charge in [0.05, 0.1) is 0 Å². The van der Waals surface area contributed by atoms with Crippen molar-refractivity contribution in [2.24, 2.45) is 5.92 Å². The molecule has 1 aromatic rings. The predicted octanol–water partition coefficient (Wildman–Crippen LogP) is 4.89. The van der Waals surface area contributed by atoms with Gasteiger partial charge in [0.1, 0.15) is 5.16 Å². The van der Waals surface area contributed by atoms with Gasteiger partial charge in [-0.15, -0.1) is 0 Å². The van der Waals surface area contributed by atoms with E-state index in [9.17, 15) is 9.36 Å². The highest BCUT2D eigenvalue weighted by Crippen LogP contribution is 2.35. The average Bonchev–Trinajstić information content (AvgIpc) is 2.26. The Balaban J connectivity index is 3.29. The summed E-state index contributed by atoms with van der Waals surface area (Å²) in [5.41, 5.74) is 3.83. The van der Waals surface area contributed by atoms with E-state index in [0.29, 0.717) is 12.3 Å². The molecule has 1 atom stereocenters. The van der Waals surface area contributed by atoms with Crippen molar-refractivity contribution in [3.05, 3.63) is 34.4 Å². The molecule has 0 saturated heterocycles. The summed E-state index contributed by atoms with van der Waals surface area (Å²) in [5.74, 6) is 0.328. The first-order valence-electron chi connectivity index (χ1n) is 6.68. The van der Waals surface area contributed by atoms with Crippen molar-refractivity contribution in [1.82, 2.24) is 0 Å². The zero-order chi connectivity index (χ0) is 14.8. The maximum Gasteiger partial charge on any atom is 0.180 e. The molecule has 0 amide bonds. The van der Waals surface area contributed by atoms with Gasteiger partial charge in [0.15, 0.2) is 14.2 Å². The van der Waals surface area contributed by atoms with Crippen LogP contribution in [0.25, 0.3) is 0 Å². The van der Waals surface area contributed by atoms with Gasteiger partial charge in [0, 0.05) is 5.56 Å². The molecule has 0 aliphatic carbocycles. The lowest BCUT2D eigenvalue weighted by molar-refractivity contribution is 0.0934. The standard InChI is InChI=1S/C16H23O2P/c1-10(2)9-16(6,19-18)15(17)14-12(4)7-11(3)8-13(14)5/h7-8,10H,9H2,1-6H3. The second-order valence-electron chi connectivity index (χ2n) is 6.07. The fraction of sp³-hybridized carbons (Fsp3) is 0.562. The minimum absolute atomic E-state index is 0.00660. The van der Waals surface area contributed by atoms with Crippen LogP contribution in [0.15, 0.2) is 12.1 Å². The summed E-state index contributed by atoms with van der Waals surface area (Å²) >= 11 is 0. The zero-order valence-electron chi connectivity index (χ0n) is 12.7. The third-order valence-corrected chi connectivity index (χ3v) is 4.19. The number of carbonyl (C=O) groups excluding carboxylic acids is 1. The van der Waals surface area contributed by atoms with Gasteiger partial charge in [-0.1, -0.05) is 31.5 Å². The van der Waals surface area contributed by atoms with Gasteiger partial charge in [-0.05, 0) is 51.2 Å². The van der Waals surface area contributed by atoms with Crippen LogP contribution in [-0.2, 0) is 4.57 Å². The molecule has 1 rings (SSSR count). The van der Waals surface area contributed by atoms with Crippen LogP contribution in [0.5, 0.6) is 0 Å². The number of aryl methyl sites for hydroxylation is 3. The Bertz CT molecular complexity index is 482. The lowest BCUT2D eigenvalue weighted by Gasteiger charge is -2.24. The maximum atomic E-state index is 12.8. The monoisotopic (exact) mass is 278 g/mol. The van der Waals surface area contributed by atoms with E-state index < -0.39 is 5.16 Å². The molecular formula is C16H23O2P. The van der Waals surface area contributed by atoms with Crippen LogP contribution in [0.2, 0.25) is 0 Å². The van der Waals surface area contributed by atoms with E-state index in [1.54, 1.807) is 6.92 Å². The van der Waals surface area contributed by atoms with E-state index in [1.165, 1.54) is 0 Å². The van der Waals surface area contributed by atoms with Gasteiger partial charge >= 0.3 is 0 Å². The normalized spacial score (nSPS) is 14.7. The molecule has 0 saturated carbocycles. The number of benzene rings is 1. The Kier molecular flexibility index (Phi) is 5.04. The number of ketones is 1. The topological polar surface area (TPSA) is 34.1 Å². The zero-order valence-corrected chi connectivity index (χ0v) is 13.6. The lowest BCUT2D eigenvalue weighted by Crippen LogP contribution is -2.32. The van der Waals surface area contributed by atoms with Crippen LogP contribution >= 0.6 is 8.46 Å². The molecule has 1 unspecified atom stereocenters. The smallest absolute Gasteiger partial charge is 0.180 e. The molecule has 0 N–H and O–H groups in total. The molecule has 0 aliphatic heterocycles. The van der Waals surface area contributed by atoms with Crippen LogP contribution in [0.3, 0.4) is 0 Å². The van der Waals surface area contributed by atoms with E-state index in [1.807, 2.05) is 46.8 Å². The Labute approximate surface area is 117 Å². The minimum atomic E-state index is -0.820. The van der Waals surface area contributed by atoms with Crippen molar-refractivity contribution < 1.29 is 9.36 Å². The molecule has 0 aromatic heterocycles. The molecule has 104 valence electrons. The van der Waals surface area contributed by atoms with Crippen LogP contribution in [0, 0.1) is 26.7 Å². The first-order chi connectivity index (χ1) is 8.71. The average molecular weight is 278 g/mol. The second-order valence-corrected chi connectivity index (χ2v) is 7.24. The van der Waals surface area contributed by atoms with E-state index in [2.05, 4.69) is 0 Å². The predicted molar refractivity (Wildman–Crippen MR) is 80.5 cm³/mol. The van der Waals surface area contributed by atoms with Crippen molar-refractivity contribution in [3.63, 3.8) is 0 Å². The third-order valence-electron chi connectivity index (χ3n) is 3.40. The summed E-state index contributed by atoms with van der Waals surface area (Å²) in [6.45, 7) is 11.8. The molecule has 0 aliphatic rings. The summed E-state index contributed by atoms with van der Waals surface area (Å²) < 4.78 is 11.5. The van der Waals surface area contributed by atoms with E-state index in [0.717, 1.165) is 22.3 Å². The molecular weight excluding hydrogens is 255 g/mol. The Hall–Kier alpha value is -1.01. The summed E-state index contributed by atoms with van der Waals surface area (Å²) in [6.07, 6.45) is 0.629. The van der Waals surface area contributed by atoms with Crippen LogP contribution < -0.4 is 0 Å². The number of carbonyl (C=O) groups is 1. The van der Waals surface area contributed by atoms with Crippen molar-refractivity contribution in [2.45, 2.75) is 53.1 Å². The molecule has 0 heterocycles. The SMILES string of the molecule is Cc1cc(C)c(C(=O)C(C)(CC(C)C)P=O)c(C)c1. The minimum Gasteiger partial charge on any atom is -0.293 e. The highest BCUT2D eigenvalue weighted by atomic mass is 31.1. The van der Waals surface area contributed by atoms with Gasteiger partial charge in [-0.3, -0.25) is 9.36 Å². The maximum absolute atomic E-state index is 12.8. The number of hydrogen-bond acceptors (Lipinski definition) is 2. The van der Waals surface area contributed by atoms with Gasteiger partial charge in [-0.25, -0.2) is 0 Å². The fourth-order valence-electron chi connectivity index (χ4n) is 2.77. The summed E-state index contributed by atoms with van der Waals surface area (Å²) in [4.78, 5) is 12.8. The van der Waals surface area contributed by atoms with E-state index in [4.69, 9.17) is 0 Å². The highest BCUT2D eigenvalue weighted by Gasteiger charge is 2.37. The molecule has 19 heavy (non-hydrogen) atoms. The van der Waals surface area contributed by atoms with Gasteiger partial charge in [-0.2, -0.15) is 0 Å². The van der Waals surface area contributed by atoms with Crippen molar-refractivity contribution in [3.8, 4) is 0 Å². The van der Waals surface area contributed by atoms with Crippen LogP contribution in [0.4, 0.5) is 0 Å². The summed E-state index contributed by atoms with van der Waals surface area (Å²) in [6, 6.07) is 4.02. The molecule has 0 spiro atoms. The second kappa shape index (κ2) is 5.96.